The molecule has 4 atom stereocenters. The molecule has 9 nitrogen and oxygen atoms in total. The molecule has 142 valence electrons. The number of halogens is 3. The first-order valence-electron chi connectivity index (χ1n) is 6.66. The molecule has 1 saturated heterocycles. The molecule has 0 aliphatic carbocycles. The number of allylic oxidation sites excluding steroid dienone is 1. The van der Waals surface area contributed by atoms with Crippen molar-refractivity contribution >= 4 is 19.4 Å². The van der Waals surface area contributed by atoms with E-state index in [1.165, 1.54) is 0 Å². The van der Waals surface area contributed by atoms with Crippen molar-refractivity contribution in [3.63, 3.8) is 0 Å². The summed E-state index contributed by atoms with van der Waals surface area (Å²) in [5, 5.41) is 19.8. The Morgan fingerprint density at radius 1 is 1.36 bits per heavy atom. The molecule has 1 aliphatic heterocycles. The van der Waals surface area contributed by atoms with Crippen molar-refractivity contribution in [2.24, 2.45) is 0 Å². The number of carbonyl (C=O) groups is 2. The Bertz CT molecular complexity index is 626. The van der Waals surface area contributed by atoms with Crippen molar-refractivity contribution in [3.05, 3.63) is 12.3 Å². The van der Waals surface area contributed by atoms with Gasteiger partial charge in [-0.2, -0.15) is 13.2 Å². The van der Waals surface area contributed by atoms with Gasteiger partial charge in [-0.05, 0) is 13.0 Å². The maximum absolute atomic E-state index is 13.3. The molecule has 25 heavy (non-hydrogen) atoms. The molecular weight excluding hydrogens is 374 g/mol. The minimum Gasteiger partial charge on any atom is -0.384 e. The van der Waals surface area contributed by atoms with Gasteiger partial charge in [0.1, 0.15) is 6.10 Å². The lowest BCUT2D eigenvalue weighted by Gasteiger charge is -2.36. The van der Waals surface area contributed by atoms with Gasteiger partial charge in [-0.15, -0.1) is 0 Å². The summed E-state index contributed by atoms with van der Waals surface area (Å²) in [6, 6.07) is 0. The molecular formula is C12H15F3NO8P. The first-order valence-corrected chi connectivity index (χ1v) is 8.02. The number of rotatable bonds is 6. The average molecular weight is 389 g/mol. The first-order chi connectivity index (χ1) is 11.3. The highest BCUT2D eigenvalue weighted by atomic mass is 31.1. The molecule has 0 radical (unpaired) electrons. The minimum absolute atomic E-state index is 0.249. The number of hydrogen-bond donors (Lipinski definition) is 2. The third-order valence-corrected chi connectivity index (χ3v) is 3.59. The van der Waals surface area contributed by atoms with Gasteiger partial charge in [-0.25, -0.2) is 9.13 Å². The molecule has 1 amide bonds. The molecule has 1 fully saturated rings. The number of nitrogens with zero attached hydrogens (tertiary/aromatic N) is 1. The summed E-state index contributed by atoms with van der Waals surface area (Å²) in [7, 11) is -3.17. The Labute approximate surface area is 139 Å². The Morgan fingerprint density at radius 3 is 2.32 bits per heavy atom. The van der Waals surface area contributed by atoms with E-state index in [1.807, 2.05) is 0 Å². The van der Waals surface area contributed by atoms with Crippen LogP contribution >= 0.6 is 7.68 Å². The third kappa shape index (κ3) is 4.53. The smallest absolute Gasteiger partial charge is 0.384 e. The van der Waals surface area contributed by atoms with Crippen LogP contribution in [0.5, 0.6) is 0 Å². The minimum atomic E-state index is -5.48. The molecule has 0 spiro atoms. The van der Waals surface area contributed by atoms with Crippen LogP contribution in [0.2, 0.25) is 0 Å². The van der Waals surface area contributed by atoms with Crippen molar-refractivity contribution in [2.45, 2.75) is 44.2 Å². The second-order valence-electron chi connectivity index (χ2n) is 5.11. The molecule has 0 aromatic carbocycles. The van der Waals surface area contributed by atoms with E-state index in [0.717, 1.165) is 19.9 Å². The number of alkyl halides is 3. The van der Waals surface area contributed by atoms with Crippen LogP contribution in [0.3, 0.4) is 0 Å². The van der Waals surface area contributed by atoms with Crippen molar-refractivity contribution in [2.75, 3.05) is 6.35 Å². The zero-order valence-electron chi connectivity index (χ0n) is 13.0. The van der Waals surface area contributed by atoms with Gasteiger partial charge < -0.3 is 19.7 Å². The molecule has 0 aromatic heterocycles. The molecule has 0 saturated carbocycles. The normalized spacial score (nSPS) is 29.8. The molecule has 1 heterocycles. The van der Waals surface area contributed by atoms with Gasteiger partial charge in [-0.1, -0.05) is 0 Å². The summed E-state index contributed by atoms with van der Waals surface area (Å²) in [5.74, 6) is -1.66. The van der Waals surface area contributed by atoms with Crippen molar-refractivity contribution in [1.82, 2.24) is 4.90 Å². The van der Waals surface area contributed by atoms with Gasteiger partial charge in [0.25, 0.3) is 0 Å². The predicted molar refractivity (Wildman–Crippen MR) is 72.3 cm³/mol. The van der Waals surface area contributed by atoms with Crippen molar-refractivity contribution in [3.8, 4) is 0 Å². The fourth-order valence-electron chi connectivity index (χ4n) is 2.04. The Hall–Kier alpha value is -1.59. The highest BCUT2D eigenvalue weighted by molar-refractivity contribution is 7.30. The summed E-state index contributed by atoms with van der Waals surface area (Å²) in [4.78, 5) is 22.8. The second-order valence-corrected chi connectivity index (χ2v) is 6.03. The monoisotopic (exact) mass is 389 g/mol. The van der Waals surface area contributed by atoms with Crippen LogP contribution in [0.1, 0.15) is 13.8 Å². The maximum Gasteiger partial charge on any atom is 0.424 e. The summed E-state index contributed by atoms with van der Waals surface area (Å²) in [5.41, 5.74) is -3.99. The van der Waals surface area contributed by atoms with Crippen LogP contribution in [0, 0.1) is 0 Å². The average Bonchev–Trinajstić information content (AvgIpc) is 2.70. The zero-order chi connectivity index (χ0) is 19.6. The topological polar surface area (TPSA) is 130 Å². The number of ether oxygens (including phenoxy) is 2. The van der Waals surface area contributed by atoms with Crippen LogP contribution in [0.15, 0.2) is 12.3 Å². The van der Waals surface area contributed by atoms with Gasteiger partial charge in [0.05, 0.1) is 0 Å². The van der Waals surface area contributed by atoms with E-state index < -0.39 is 56.1 Å². The fourth-order valence-corrected chi connectivity index (χ4v) is 2.31. The molecule has 1 aliphatic rings. The fraction of sp³-hybridized carbons (Fsp3) is 0.667. The van der Waals surface area contributed by atoms with E-state index in [4.69, 9.17) is 4.74 Å². The molecule has 13 heteroatoms. The number of carbonyl (C=O) groups excluding carboxylic acids is 2. The Balaban J connectivity index is 3.31. The third-order valence-electron chi connectivity index (χ3n) is 3.23. The van der Waals surface area contributed by atoms with Crippen LogP contribution in [-0.2, 0) is 28.2 Å². The van der Waals surface area contributed by atoms with Crippen molar-refractivity contribution < 1.29 is 51.6 Å². The number of ketones is 1. The van der Waals surface area contributed by atoms with Crippen LogP contribution in [-0.4, -0.2) is 63.6 Å². The van der Waals surface area contributed by atoms with Gasteiger partial charge in [0.2, 0.25) is 11.5 Å². The molecule has 1 rings (SSSR count). The molecule has 0 unspecified atom stereocenters. The van der Waals surface area contributed by atoms with E-state index in [-0.39, 0.29) is 4.90 Å². The predicted octanol–water partition coefficient (Wildman–Crippen LogP) is 0.421. The SMILES string of the molecule is CC(=O)/C=C\N(C(C)=O)[C@@H]1O[C@H](OCP(=O)=O)[C@@H](O)[C@]1(O)C(F)(F)F. The Morgan fingerprint density at radius 2 is 1.92 bits per heavy atom. The summed E-state index contributed by atoms with van der Waals surface area (Å²) < 4.78 is 70.3. The highest BCUT2D eigenvalue weighted by Crippen LogP contribution is 2.45. The lowest BCUT2D eigenvalue weighted by molar-refractivity contribution is -0.305. The van der Waals surface area contributed by atoms with E-state index in [1.54, 1.807) is 0 Å². The first kappa shape index (κ1) is 21.5. The van der Waals surface area contributed by atoms with Gasteiger partial charge in [0, 0.05) is 13.1 Å². The van der Waals surface area contributed by atoms with E-state index in [0.29, 0.717) is 6.20 Å². The summed E-state index contributed by atoms with van der Waals surface area (Å²) in [6.45, 7) is 1.89. The number of aliphatic hydroxyl groups is 2. The largest absolute Gasteiger partial charge is 0.424 e. The van der Waals surface area contributed by atoms with Crippen LogP contribution in [0.25, 0.3) is 0 Å². The van der Waals surface area contributed by atoms with Crippen LogP contribution < -0.4 is 0 Å². The number of aliphatic hydroxyl groups excluding tert-OH is 1. The van der Waals surface area contributed by atoms with E-state index in [9.17, 15) is 42.1 Å². The maximum atomic E-state index is 13.3. The van der Waals surface area contributed by atoms with Gasteiger partial charge >= 0.3 is 13.9 Å². The summed E-state index contributed by atoms with van der Waals surface area (Å²) >= 11 is 0. The van der Waals surface area contributed by atoms with Gasteiger partial charge in [-0.3, -0.25) is 14.5 Å². The molecule has 2 N–H and O–H groups in total. The zero-order valence-corrected chi connectivity index (χ0v) is 13.9. The second kappa shape index (κ2) is 7.75. The highest BCUT2D eigenvalue weighted by Gasteiger charge is 2.72. The number of hydrogen-bond acceptors (Lipinski definition) is 8. The molecule has 0 bridgehead atoms. The number of amides is 1. The lowest BCUT2D eigenvalue weighted by Crippen LogP contribution is -2.63. The quantitative estimate of drug-likeness (QED) is 0.494. The van der Waals surface area contributed by atoms with Crippen molar-refractivity contribution in [1.29, 1.82) is 0 Å². The Kier molecular flexibility index (Phi) is 6.65. The van der Waals surface area contributed by atoms with Crippen LogP contribution in [0.4, 0.5) is 13.2 Å². The molecule has 0 aromatic rings. The lowest BCUT2D eigenvalue weighted by atomic mass is 9.95. The van der Waals surface area contributed by atoms with E-state index in [2.05, 4.69) is 4.74 Å². The standard InChI is InChI=1S/C12H15F3NO8P/c1-6(17)3-4-16(7(2)18)10-11(20,12(13,14)15)8(19)9(24-10)23-5-25(21)22/h3-4,8-10,19-20H,5H2,1-2H3/b4-3-/t8-,9+,10-,11-/m1/s1. The van der Waals surface area contributed by atoms with Gasteiger partial charge in [0.15, 0.2) is 24.6 Å². The summed E-state index contributed by atoms with van der Waals surface area (Å²) in [6.07, 6.45) is -12.6. The van der Waals surface area contributed by atoms with E-state index >= 15 is 0 Å².